The smallest absolute Gasteiger partial charge is 0.166 e. The molecule has 1 saturated heterocycles. The fourth-order valence-corrected chi connectivity index (χ4v) is 4.89. The Bertz CT molecular complexity index is 1400. The van der Waals surface area contributed by atoms with Gasteiger partial charge < -0.3 is 16.4 Å². The summed E-state index contributed by atoms with van der Waals surface area (Å²) in [6, 6.07) is 13.1. The molecule has 4 N–H and O–H groups in total. The van der Waals surface area contributed by atoms with Gasteiger partial charge in [0.1, 0.15) is 5.52 Å². The van der Waals surface area contributed by atoms with Crippen molar-refractivity contribution in [2.75, 3.05) is 29.5 Å². The molecule has 0 saturated carbocycles. The van der Waals surface area contributed by atoms with Crippen LogP contribution in [-0.4, -0.2) is 23.1 Å². The van der Waals surface area contributed by atoms with E-state index < -0.39 is 0 Å². The molecule has 0 radical (unpaired) electrons. The molecule has 0 bridgehead atoms. The molecule has 0 amide bonds. The quantitative estimate of drug-likeness (QED) is 0.296. The fraction of sp³-hybridized carbons (Fsp3) is 0.167. The number of halogens is 4. The zero-order valence-corrected chi connectivity index (χ0v) is 20.4. The third kappa shape index (κ3) is 4.04. The van der Waals surface area contributed by atoms with Crippen LogP contribution in [0.1, 0.15) is 12.8 Å². The Morgan fingerprint density at radius 1 is 0.697 bits per heavy atom. The topological polar surface area (TPSA) is 81.1 Å². The maximum Gasteiger partial charge on any atom is 0.166 e. The molecule has 33 heavy (non-hydrogen) atoms. The maximum atomic E-state index is 6.42. The van der Waals surface area contributed by atoms with Gasteiger partial charge in [0, 0.05) is 24.2 Å². The molecule has 1 aliphatic heterocycles. The van der Waals surface area contributed by atoms with Crippen LogP contribution in [0.3, 0.4) is 0 Å². The summed E-state index contributed by atoms with van der Waals surface area (Å²) in [5.41, 5.74) is 18.0. The number of nitrogens with two attached hydrogens (primary N) is 2. The normalized spacial score (nSPS) is 13.8. The van der Waals surface area contributed by atoms with E-state index in [4.69, 9.17) is 57.9 Å². The highest BCUT2D eigenvalue weighted by Gasteiger charge is 2.26. The fourth-order valence-electron chi connectivity index (χ4n) is 4.29. The number of benzene rings is 3. The number of fused-ring (bicyclic) bond motifs is 1. The SMILES string of the molecule is Nc1nc2cc(-c3ccc(Cl)c(Cl)c3)c(N3CCCC3)c(-c3ccc(Cl)c(Cl)c3)c2nc1N. The Morgan fingerprint density at radius 3 is 1.91 bits per heavy atom. The highest BCUT2D eigenvalue weighted by molar-refractivity contribution is 6.42. The molecule has 2 heterocycles. The van der Waals surface area contributed by atoms with Crippen molar-refractivity contribution in [1.29, 1.82) is 0 Å². The van der Waals surface area contributed by atoms with Crippen LogP contribution in [0.5, 0.6) is 0 Å². The molecular formula is C24H19Cl4N5. The average Bonchev–Trinajstić information content (AvgIpc) is 3.32. The zero-order valence-electron chi connectivity index (χ0n) is 17.4. The maximum absolute atomic E-state index is 6.42. The Labute approximate surface area is 211 Å². The van der Waals surface area contributed by atoms with E-state index in [9.17, 15) is 0 Å². The molecule has 0 aliphatic carbocycles. The standard InChI is InChI=1S/C24H19Cl4N5/c25-15-5-3-12(9-17(15)27)14-11-19-21(32-24(30)23(29)31-19)20(22(14)33-7-1-2-8-33)13-4-6-16(26)18(28)10-13/h3-6,9-11H,1-2,7-8H2,(H2,29,31)(H2,30,32). The third-order valence-electron chi connectivity index (χ3n) is 5.85. The summed E-state index contributed by atoms with van der Waals surface area (Å²) in [5.74, 6) is 0.357. The number of rotatable bonds is 3. The van der Waals surface area contributed by atoms with Crippen molar-refractivity contribution in [2.45, 2.75) is 12.8 Å². The van der Waals surface area contributed by atoms with Crippen LogP contribution >= 0.6 is 46.4 Å². The van der Waals surface area contributed by atoms with Gasteiger partial charge in [0.25, 0.3) is 0 Å². The van der Waals surface area contributed by atoms with Crippen LogP contribution in [0.4, 0.5) is 17.3 Å². The first-order valence-corrected chi connectivity index (χ1v) is 11.9. The van der Waals surface area contributed by atoms with Gasteiger partial charge >= 0.3 is 0 Å². The molecule has 5 rings (SSSR count). The van der Waals surface area contributed by atoms with Gasteiger partial charge in [-0.05, 0) is 54.3 Å². The molecular weight excluding hydrogens is 500 g/mol. The molecule has 1 aliphatic rings. The predicted molar refractivity (Wildman–Crippen MR) is 141 cm³/mol. The molecule has 3 aromatic carbocycles. The lowest BCUT2D eigenvalue weighted by molar-refractivity contribution is 0.949. The molecule has 0 spiro atoms. The first-order valence-electron chi connectivity index (χ1n) is 10.4. The summed E-state index contributed by atoms with van der Waals surface area (Å²) < 4.78 is 0. The zero-order chi connectivity index (χ0) is 23.3. The van der Waals surface area contributed by atoms with Crippen molar-refractivity contribution in [1.82, 2.24) is 9.97 Å². The number of anilines is 3. The van der Waals surface area contributed by atoms with Crippen molar-refractivity contribution >= 4 is 74.8 Å². The minimum absolute atomic E-state index is 0.177. The second-order valence-corrected chi connectivity index (χ2v) is 9.59. The van der Waals surface area contributed by atoms with Crippen molar-refractivity contribution < 1.29 is 0 Å². The van der Waals surface area contributed by atoms with Gasteiger partial charge in [0.2, 0.25) is 0 Å². The van der Waals surface area contributed by atoms with Crippen LogP contribution < -0.4 is 16.4 Å². The molecule has 5 nitrogen and oxygen atoms in total. The summed E-state index contributed by atoms with van der Waals surface area (Å²) in [6.45, 7) is 1.82. The number of nitrogen functional groups attached to an aromatic ring is 2. The van der Waals surface area contributed by atoms with E-state index in [1.807, 2.05) is 30.3 Å². The Hall–Kier alpha value is -2.44. The van der Waals surface area contributed by atoms with E-state index in [1.54, 1.807) is 12.1 Å². The lowest BCUT2D eigenvalue weighted by Gasteiger charge is -2.27. The van der Waals surface area contributed by atoms with Gasteiger partial charge in [0.15, 0.2) is 11.6 Å². The van der Waals surface area contributed by atoms with Crippen LogP contribution in [0, 0.1) is 0 Å². The minimum Gasteiger partial charge on any atom is -0.381 e. The molecule has 9 heteroatoms. The van der Waals surface area contributed by atoms with Crippen LogP contribution in [0.25, 0.3) is 33.3 Å². The first-order chi connectivity index (χ1) is 15.8. The lowest BCUT2D eigenvalue weighted by Crippen LogP contribution is -2.20. The first kappa shape index (κ1) is 22.4. The monoisotopic (exact) mass is 517 g/mol. The summed E-state index contributed by atoms with van der Waals surface area (Å²) in [4.78, 5) is 11.5. The number of hydrogen-bond donors (Lipinski definition) is 2. The average molecular weight is 519 g/mol. The van der Waals surface area contributed by atoms with Gasteiger partial charge in [0.05, 0.1) is 31.3 Å². The Morgan fingerprint density at radius 2 is 1.27 bits per heavy atom. The minimum atomic E-state index is 0.177. The van der Waals surface area contributed by atoms with Gasteiger partial charge in [-0.3, -0.25) is 0 Å². The number of nitrogens with zero attached hydrogens (tertiary/aromatic N) is 3. The van der Waals surface area contributed by atoms with E-state index in [-0.39, 0.29) is 11.6 Å². The second kappa shape index (κ2) is 8.73. The van der Waals surface area contributed by atoms with Crippen LogP contribution in [0.2, 0.25) is 20.1 Å². The summed E-state index contributed by atoms with van der Waals surface area (Å²) in [7, 11) is 0. The van der Waals surface area contributed by atoms with Gasteiger partial charge in [-0.1, -0.05) is 58.5 Å². The highest BCUT2D eigenvalue weighted by atomic mass is 35.5. The highest BCUT2D eigenvalue weighted by Crippen LogP contribution is 2.46. The molecule has 0 unspecified atom stereocenters. The summed E-state index contributed by atoms with van der Waals surface area (Å²) >= 11 is 25.2. The Balaban J connectivity index is 1.93. The van der Waals surface area contributed by atoms with E-state index in [0.29, 0.717) is 31.1 Å². The lowest BCUT2D eigenvalue weighted by atomic mass is 9.93. The van der Waals surface area contributed by atoms with Crippen LogP contribution in [0.15, 0.2) is 42.5 Å². The largest absolute Gasteiger partial charge is 0.381 e. The summed E-state index contributed by atoms with van der Waals surface area (Å²) in [6.07, 6.45) is 2.18. The van der Waals surface area contributed by atoms with E-state index >= 15 is 0 Å². The van der Waals surface area contributed by atoms with Crippen LogP contribution in [-0.2, 0) is 0 Å². The van der Waals surface area contributed by atoms with Gasteiger partial charge in [-0.15, -0.1) is 0 Å². The Kier molecular flexibility index (Phi) is 5.91. The van der Waals surface area contributed by atoms with Gasteiger partial charge in [-0.25, -0.2) is 9.97 Å². The van der Waals surface area contributed by atoms with E-state index in [1.165, 1.54) is 0 Å². The predicted octanol–water partition coefficient (Wildman–Crippen LogP) is 7.34. The van der Waals surface area contributed by atoms with Crippen molar-refractivity contribution in [2.24, 2.45) is 0 Å². The number of aromatic nitrogens is 2. The van der Waals surface area contributed by atoms with Gasteiger partial charge in [-0.2, -0.15) is 0 Å². The molecule has 1 aromatic heterocycles. The summed E-state index contributed by atoms with van der Waals surface area (Å²) in [5, 5.41) is 1.89. The molecule has 0 atom stereocenters. The van der Waals surface area contributed by atoms with E-state index in [2.05, 4.69) is 14.9 Å². The second-order valence-electron chi connectivity index (χ2n) is 7.96. The van der Waals surface area contributed by atoms with Crippen molar-refractivity contribution in [3.63, 3.8) is 0 Å². The molecule has 4 aromatic rings. The van der Waals surface area contributed by atoms with Crippen molar-refractivity contribution in [3.8, 4) is 22.3 Å². The third-order valence-corrected chi connectivity index (χ3v) is 7.33. The number of hydrogen-bond acceptors (Lipinski definition) is 5. The molecule has 1 fully saturated rings. The van der Waals surface area contributed by atoms with Crippen molar-refractivity contribution in [3.05, 3.63) is 62.6 Å². The molecule has 168 valence electrons. The van der Waals surface area contributed by atoms with E-state index in [0.717, 1.165) is 53.9 Å².